The van der Waals surface area contributed by atoms with Crippen LogP contribution in [0, 0.1) is 5.82 Å². The maximum absolute atomic E-state index is 13.0. The first kappa shape index (κ1) is 23.3. The summed E-state index contributed by atoms with van der Waals surface area (Å²) in [5.74, 6) is 0.353. The molecule has 33 heavy (non-hydrogen) atoms. The standard InChI is InChI=1S/C24H28FN5O2S/c1-2-32-21-9-5-19(6-10-21)16-29-11-13-30(14-12-29)17-22-27-28-24(33-22)23(31)26-15-18-3-7-20(25)8-4-18/h3-10H,2,11-17H2,1H3,(H,26,31). The second-order valence-electron chi connectivity index (χ2n) is 7.94. The van der Waals surface area contributed by atoms with E-state index in [0.717, 1.165) is 49.0 Å². The molecular formula is C24H28FN5O2S. The molecule has 1 aromatic heterocycles. The van der Waals surface area contributed by atoms with Crippen LogP contribution in [0.3, 0.4) is 0 Å². The van der Waals surface area contributed by atoms with Crippen LogP contribution in [-0.2, 0) is 19.6 Å². The number of benzene rings is 2. The van der Waals surface area contributed by atoms with Gasteiger partial charge in [0.25, 0.3) is 5.91 Å². The molecule has 4 rings (SSSR count). The van der Waals surface area contributed by atoms with Gasteiger partial charge in [0.1, 0.15) is 16.6 Å². The molecule has 174 valence electrons. The van der Waals surface area contributed by atoms with Gasteiger partial charge in [0, 0.05) is 39.3 Å². The van der Waals surface area contributed by atoms with Gasteiger partial charge in [-0.3, -0.25) is 14.6 Å². The first-order chi connectivity index (χ1) is 16.1. The van der Waals surface area contributed by atoms with Gasteiger partial charge in [-0.15, -0.1) is 10.2 Å². The van der Waals surface area contributed by atoms with Crippen LogP contribution in [0.15, 0.2) is 48.5 Å². The van der Waals surface area contributed by atoms with E-state index in [1.807, 2.05) is 19.1 Å². The monoisotopic (exact) mass is 469 g/mol. The summed E-state index contributed by atoms with van der Waals surface area (Å²) in [6, 6.07) is 14.4. The molecule has 9 heteroatoms. The minimum atomic E-state index is -0.296. The van der Waals surface area contributed by atoms with Gasteiger partial charge in [0.05, 0.1) is 13.2 Å². The summed E-state index contributed by atoms with van der Waals surface area (Å²) < 4.78 is 18.5. The van der Waals surface area contributed by atoms with Crippen LogP contribution in [-0.4, -0.2) is 58.7 Å². The smallest absolute Gasteiger partial charge is 0.282 e. The third-order valence-corrected chi connectivity index (χ3v) is 6.40. The minimum absolute atomic E-state index is 0.261. The molecule has 1 fully saturated rings. The number of nitrogens with zero attached hydrogens (tertiary/aromatic N) is 4. The molecule has 0 radical (unpaired) electrons. The van der Waals surface area contributed by atoms with Crippen LogP contribution >= 0.6 is 11.3 Å². The van der Waals surface area contributed by atoms with Crippen molar-refractivity contribution < 1.29 is 13.9 Å². The molecule has 0 bridgehead atoms. The maximum atomic E-state index is 13.0. The Kier molecular flexibility index (Phi) is 7.98. The fourth-order valence-electron chi connectivity index (χ4n) is 3.68. The molecule has 0 atom stereocenters. The zero-order valence-corrected chi connectivity index (χ0v) is 19.5. The largest absolute Gasteiger partial charge is 0.494 e. The van der Waals surface area contributed by atoms with E-state index >= 15 is 0 Å². The third kappa shape index (κ3) is 6.80. The molecule has 1 N–H and O–H groups in total. The molecular weight excluding hydrogens is 441 g/mol. The molecule has 1 saturated heterocycles. The summed E-state index contributed by atoms with van der Waals surface area (Å²) >= 11 is 1.32. The van der Waals surface area contributed by atoms with Crippen LogP contribution in [0.1, 0.15) is 32.9 Å². The van der Waals surface area contributed by atoms with Crippen molar-refractivity contribution in [2.24, 2.45) is 0 Å². The molecule has 1 aliphatic heterocycles. The highest BCUT2D eigenvalue weighted by Crippen LogP contribution is 2.17. The van der Waals surface area contributed by atoms with Crippen LogP contribution < -0.4 is 10.1 Å². The second-order valence-corrected chi connectivity index (χ2v) is 9.00. The van der Waals surface area contributed by atoms with Crippen LogP contribution in [0.5, 0.6) is 5.75 Å². The number of rotatable bonds is 9. The molecule has 2 aromatic carbocycles. The minimum Gasteiger partial charge on any atom is -0.494 e. The fourth-order valence-corrected chi connectivity index (χ4v) is 4.48. The van der Waals surface area contributed by atoms with E-state index in [2.05, 4.69) is 37.4 Å². The molecule has 1 aliphatic rings. The summed E-state index contributed by atoms with van der Waals surface area (Å²) in [6.45, 7) is 8.47. The zero-order chi connectivity index (χ0) is 23.0. The summed E-state index contributed by atoms with van der Waals surface area (Å²) in [4.78, 5) is 17.1. The van der Waals surface area contributed by atoms with Crippen molar-refractivity contribution >= 4 is 17.2 Å². The van der Waals surface area contributed by atoms with Crippen molar-refractivity contribution in [3.05, 3.63) is 75.5 Å². The van der Waals surface area contributed by atoms with Crippen molar-refractivity contribution in [3.8, 4) is 5.75 Å². The summed E-state index contributed by atoms with van der Waals surface area (Å²) in [5.41, 5.74) is 2.12. The SMILES string of the molecule is CCOc1ccc(CN2CCN(Cc3nnc(C(=O)NCc4ccc(F)cc4)s3)CC2)cc1. The lowest BCUT2D eigenvalue weighted by Crippen LogP contribution is -2.45. The molecule has 7 nitrogen and oxygen atoms in total. The Bertz CT molecular complexity index is 1030. The summed E-state index contributed by atoms with van der Waals surface area (Å²) in [7, 11) is 0. The number of piperazine rings is 1. The number of halogens is 1. The van der Waals surface area contributed by atoms with Crippen molar-refractivity contribution in [2.75, 3.05) is 32.8 Å². The highest BCUT2D eigenvalue weighted by Gasteiger charge is 2.20. The van der Waals surface area contributed by atoms with Crippen molar-refractivity contribution in [1.29, 1.82) is 0 Å². The number of hydrogen-bond donors (Lipinski definition) is 1. The van der Waals surface area contributed by atoms with Gasteiger partial charge in [0.2, 0.25) is 5.01 Å². The molecule has 1 amide bonds. The highest BCUT2D eigenvalue weighted by molar-refractivity contribution is 7.13. The topological polar surface area (TPSA) is 70.6 Å². The van der Waals surface area contributed by atoms with E-state index in [-0.39, 0.29) is 11.7 Å². The Labute approximate surface area is 197 Å². The van der Waals surface area contributed by atoms with Gasteiger partial charge < -0.3 is 10.1 Å². The Morgan fingerprint density at radius 3 is 2.27 bits per heavy atom. The molecule has 0 spiro atoms. The number of ether oxygens (including phenoxy) is 1. The lowest BCUT2D eigenvalue weighted by atomic mass is 10.2. The van der Waals surface area contributed by atoms with Gasteiger partial charge in [0.15, 0.2) is 0 Å². The second kappa shape index (κ2) is 11.3. The summed E-state index contributed by atoms with van der Waals surface area (Å²) in [6.07, 6.45) is 0. The van der Waals surface area contributed by atoms with Crippen molar-refractivity contribution in [2.45, 2.75) is 26.6 Å². The Balaban J connectivity index is 1.20. The lowest BCUT2D eigenvalue weighted by Gasteiger charge is -2.34. The Morgan fingerprint density at radius 2 is 1.61 bits per heavy atom. The number of nitrogens with one attached hydrogen (secondary N) is 1. The Hall–Kier alpha value is -2.88. The number of amides is 1. The number of aromatic nitrogens is 2. The average Bonchev–Trinajstić information content (AvgIpc) is 3.30. The summed E-state index contributed by atoms with van der Waals surface area (Å²) in [5, 5.41) is 12.2. The molecule has 0 aliphatic carbocycles. The fraction of sp³-hybridized carbons (Fsp3) is 0.375. The normalized spacial score (nSPS) is 14.8. The molecule has 0 unspecified atom stereocenters. The first-order valence-corrected chi connectivity index (χ1v) is 11.9. The molecule has 0 saturated carbocycles. The van der Waals surface area contributed by atoms with Gasteiger partial charge in [-0.2, -0.15) is 0 Å². The zero-order valence-electron chi connectivity index (χ0n) is 18.7. The van der Waals surface area contributed by atoms with Gasteiger partial charge in [-0.25, -0.2) is 4.39 Å². The van der Waals surface area contributed by atoms with E-state index in [0.29, 0.717) is 24.7 Å². The first-order valence-electron chi connectivity index (χ1n) is 11.1. The van der Waals surface area contributed by atoms with Crippen LogP contribution in [0.2, 0.25) is 0 Å². The molecule has 3 aromatic rings. The quantitative estimate of drug-likeness (QED) is 0.519. The lowest BCUT2D eigenvalue weighted by molar-refractivity contribution is 0.0950. The molecule has 2 heterocycles. The van der Waals surface area contributed by atoms with Crippen molar-refractivity contribution in [3.63, 3.8) is 0 Å². The third-order valence-electron chi connectivity index (χ3n) is 5.49. The number of carbonyl (C=O) groups is 1. The van der Waals surface area contributed by atoms with E-state index in [1.54, 1.807) is 12.1 Å². The van der Waals surface area contributed by atoms with E-state index in [9.17, 15) is 9.18 Å². The predicted molar refractivity (Wildman–Crippen MR) is 126 cm³/mol. The number of hydrogen-bond acceptors (Lipinski definition) is 7. The van der Waals surface area contributed by atoms with Gasteiger partial charge in [-0.1, -0.05) is 35.6 Å². The van der Waals surface area contributed by atoms with E-state index in [4.69, 9.17) is 4.74 Å². The van der Waals surface area contributed by atoms with Gasteiger partial charge in [-0.05, 0) is 42.3 Å². The van der Waals surface area contributed by atoms with Gasteiger partial charge >= 0.3 is 0 Å². The van der Waals surface area contributed by atoms with Crippen LogP contribution in [0.4, 0.5) is 4.39 Å². The predicted octanol–water partition coefficient (Wildman–Crippen LogP) is 3.32. The van der Waals surface area contributed by atoms with Crippen molar-refractivity contribution in [1.82, 2.24) is 25.3 Å². The van der Waals surface area contributed by atoms with Crippen LogP contribution in [0.25, 0.3) is 0 Å². The maximum Gasteiger partial charge on any atom is 0.282 e. The number of carbonyl (C=O) groups excluding carboxylic acids is 1. The van der Waals surface area contributed by atoms with E-state index < -0.39 is 0 Å². The Morgan fingerprint density at radius 1 is 0.970 bits per heavy atom. The highest BCUT2D eigenvalue weighted by atomic mass is 32.1. The van der Waals surface area contributed by atoms with E-state index in [1.165, 1.54) is 29.0 Å². The average molecular weight is 470 g/mol.